The monoisotopic (exact) mass is 247 g/mol. The predicted molar refractivity (Wildman–Crippen MR) is 68.3 cm³/mol. The quantitative estimate of drug-likeness (QED) is 0.832. The minimum Gasteiger partial charge on any atom is -0.481 e. The van der Waals surface area contributed by atoms with E-state index in [0.717, 1.165) is 5.69 Å². The van der Waals surface area contributed by atoms with Gasteiger partial charge >= 0.3 is 5.97 Å². The second kappa shape index (κ2) is 6.60. The van der Waals surface area contributed by atoms with E-state index in [1.54, 1.807) is 12.3 Å². The van der Waals surface area contributed by atoms with Gasteiger partial charge in [-0.05, 0) is 32.4 Å². The summed E-state index contributed by atoms with van der Waals surface area (Å²) in [7, 11) is 0. The van der Waals surface area contributed by atoms with Crippen molar-refractivity contribution in [1.82, 2.24) is 4.98 Å². The Labute approximate surface area is 107 Å². The van der Waals surface area contributed by atoms with Crippen LogP contribution in [0.3, 0.4) is 0 Å². The molecule has 0 unspecified atom stereocenters. The fourth-order valence-electron chi connectivity index (χ4n) is 1.71. The lowest BCUT2D eigenvalue weighted by molar-refractivity contribution is -0.137. The Balaban J connectivity index is 2.71. The van der Waals surface area contributed by atoms with E-state index in [2.05, 4.69) is 9.88 Å². The van der Waals surface area contributed by atoms with Gasteiger partial charge in [0.05, 0.1) is 11.9 Å². The largest absolute Gasteiger partial charge is 0.481 e. The van der Waals surface area contributed by atoms with Crippen LogP contribution in [-0.2, 0) is 4.79 Å². The Kier molecular flexibility index (Phi) is 5.12. The number of carboxylic acids is 1. The molecule has 0 fully saturated rings. The van der Waals surface area contributed by atoms with Crippen LogP contribution in [0.25, 0.3) is 0 Å². The fourth-order valence-corrected chi connectivity index (χ4v) is 1.71. The van der Waals surface area contributed by atoms with Gasteiger partial charge < -0.3 is 10.0 Å². The lowest BCUT2D eigenvalue weighted by Crippen LogP contribution is -2.32. The van der Waals surface area contributed by atoms with Crippen LogP contribution in [0.2, 0.25) is 0 Å². The van der Waals surface area contributed by atoms with Gasteiger partial charge in [0.1, 0.15) is 11.8 Å². The maximum absolute atomic E-state index is 10.5. The molecule has 1 heterocycles. The standard InChI is InChI=1S/C13H17N3O2/c1-10(2)16(7-3-4-13(17)18)12-6-5-11(8-14)15-9-12/h5-6,9-10H,3-4,7H2,1-2H3,(H,17,18). The Morgan fingerprint density at radius 1 is 1.56 bits per heavy atom. The molecule has 0 saturated carbocycles. The van der Waals surface area contributed by atoms with Gasteiger partial charge in [-0.15, -0.1) is 0 Å². The van der Waals surface area contributed by atoms with Crippen LogP contribution in [0.15, 0.2) is 18.3 Å². The van der Waals surface area contributed by atoms with Gasteiger partial charge in [0.25, 0.3) is 0 Å². The summed E-state index contributed by atoms with van der Waals surface area (Å²) >= 11 is 0. The molecule has 0 aliphatic carbocycles. The van der Waals surface area contributed by atoms with Crippen LogP contribution >= 0.6 is 0 Å². The molecule has 96 valence electrons. The van der Waals surface area contributed by atoms with E-state index in [-0.39, 0.29) is 12.5 Å². The Morgan fingerprint density at radius 3 is 2.72 bits per heavy atom. The van der Waals surface area contributed by atoms with Crippen molar-refractivity contribution in [1.29, 1.82) is 5.26 Å². The van der Waals surface area contributed by atoms with Crippen LogP contribution in [0, 0.1) is 11.3 Å². The summed E-state index contributed by atoms with van der Waals surface area (Å²) < 4.78 is 0. The van der Waals surface area contributed by atoms with Crippen LogP contribution in [0.5, 0.6) is 0 Å². The molecular formula is C13H17N3O2. The van der Waals surface area contributed by atoms with Gasteiger partial charge in [0, 0.05) is 19.0 Å². The highest BCUT2D eigenvalue weighted by Crippen LogP contribution is 2.16. The number of anilines is 1. The number of rotatable bonds is 6. The number of aromatic nitrogens is 1. The van der Waals surface area contributed by atoms with E-state index in [4.69, 9.17) is 10.4 Å². The zero-order valence-corrected chi connectivity index (χ0v) is 10.6. The molecule has 1 aromatic heterocycles. The van der Waals surface area contributed by atoms with Crippen LogP contribution in [-0.4, -0.2) is 28.6 Å². The normalized spacial score (nSPS) is 10.1. The third kappa shape index (κ3) is 4.06. The maximum Gasteiger partial charge on any atom is 0.303 e. The van der Waals surface area contributed by atoms with Gasteiger partial charge in [0.2, 0.25) is 0 Å². The summed E-state index contributed by atoms with van der Waals surface area (Å²) in [6.07, 6.45) is 2.40. The van der Waals surface area contributed by atoms with E-state index < -0.39 is 5.97 Å². The van der Waals surface area contributed by atoms with E-state index in [1.165, 1.54) is 0 Å². The van der Waals surface area contributed by atoms with Crippen molar-refractivity contribution in [2.75, 3.05) is 11.4 Å². The molecular weight excluding hydrogens is 230 g/mol. The minimum atomic E-state index is -0.781. The van der Waals surface area contributed by atoms with Crippen molar-refractivity contribution in [2.24, 2.45) is 0 Å². The van der Waals surface area contributed by atoms with Gasteiger partial charge in [-0.3, -0.25) is 4.79 Å². The van der Waals surface area contributed by atoms with Crippen molar-refractivity contribution in [3.63, 3.8) is 0 Å². The molecule has 5 heteroatoms. The summed E-state index contributed by atoms with van der Waals surface area (Å²) in [5.74, 6) is -0.781. The maximum atomic E-state index is 10.5. The molecule has 5 nitrogen and oxygen atoms in total. The van der Waals surface area contributed by atoms with E-state index in [0.29, 0.717) is 18.7 Å². The number of carbonyl (C=O) groups is 1. The van der Waals surface area contributed by atoms with Crippen molar-refractivity contribution >= 4 is 11.7 Å². The minimum absolute atomic E-state index is 0.160. The van der Waals surface area contributed by atoms with Crippen molar-refractivity contribution in [3.05, 3.63) is 24.0 Å². The predicted octanol–water partition coefficient (Wildman–Crippen LogP) is 2.03. The third-order valence-corrected chi connectivity index (χ3v) is 2.61. The van der Waals surface area contributed by atoms with Gasteiger partial charge in [-0.25, -0.2) is 4.98 Å². The summed E-state index contributed by atoms with van der Waals surface area (Å²) in [4.78, 5) is 16.6. The number of nitriles is 1. The van der Waals surface area contributed by atoms with E-state index in [1.807, 2.05) is 26.0 Å². The Morgan fingerprint density at radius 2 is 2.28 bits per heavy atom. The highest BCUT2D eigenvalue weighted by Gasteiger charge is 2.11. The van der Waals surface area contributed by atoms with Gasteiger partial charge in [-0.2, -0.15) is 5.26 Å². The number of carboxylic acid groups (broad SMARTS) is 1. The average Bonchev–Trinajstić information content (AvgIpc) is 2.34. The van der Waals surface area contributed by atoms with E-state index >= 15 is 0 Å². The van der Waals surface area contributed by atoms with Crippen molar-refractivity contribution in [3.8, 4) is 6.07 Å². The highest BCUT2D eigenvalue weighted by molar-refractivity contribution is 5.66. The summed E-state index contributed by atoms with van der Waals surface area (Å²) in [6.45, 7) is 4.75. The van der Waals surface area contributed by atoms with Gasteiger partial charge in [0.15, 0.2) is 0 Å². The molecule has 0 aliphatic heterocycles. The lowest BCUT2D eigenvalue weighted by atomic mass is 10.2. The topological polar surface area (TPSA) is 77.2 Å². The lowest BCUT2D eigenvalue weighted by Gasteiger charge is -2.28. The molecule has 1 N–H and O–H groups in total. The first-order chi connectivity index (χ1) is 8.54. The molecule has 0 spiro atoms. The third-order valence-electron chi connectivity index (χ3n) is 2.61. The van der Waals surface area contributed by atoms with Crippen molar-refractivity contribution < 1.29 is 9.90 Å². The molecule has 0 bridgehead atoms. The highest BCUT2D eigenvalue weighted by atomic mass is 16.4. The summed E-state index contributed by atoms with van der Waals surface area (Å²) in [6, 6.07) is 5.74. The molecule has 0 amide bonds. The Bertz CT molecular complexity index is 435. The van der Waals surface area contributed by atoms with Crippen LogP contribution < -0.4 is 4.90 Å². The first kappa shape index (κ1) is 14.0. The van der Waals surface area contributed by atoms with Crippen LogP contribution in [0.4, 0.5) is 5.69 Å². The smallest absolute Gasteiger partial charge is 0.303 e. The molecule has 0 saturated heterocycles. The number of hydrogen-bond acceptors (Lipinski definition) is 4. The number of pyridine rings is 1. The molecule has 0 aliphatic rings. The first-order valence-electron chi connectivity index (χ1n) is 5.89. The molecule has 1 rings (SSSR count). The van der Waals surface area contributed by atoms with Crippen LogP contribution in [0.1, 0.15) is 32.4 Å². The van der Waals surface area contributed by atoms with Crippen molar-refractivity contribution in [2.45, 2.75) is 32.7 Å². The average molecular weight is 247 g/mol. The number of aliphatic carboxylic acids is 1. The summed E-state index contributed by atoms with van der Waals surface area (Å²) in [5.41, 5.74) is 1.29. The second-order valence-corrected chi connectivity index (χ2v) is 4.30. The SMILES string of the molecule is CC(C)N(CCCC(=O)O)c1ccc(C#N)nc1. The first-order valence-corrected chi connectivity index (χ1v) is 5.89. The fraction of sp³-hybridized carbons (Fsp3) is 0.462. The second-order valence-electron chi connectivity index (χ2n) is 4.30. The van der Waals surface area contributed by atoms with E-state index in [9.17, 15) is 4.79 Å². The Hall–Kier alpha value is -2.09. The number of hydrogen-bond donors (Lipinski definition) is 1. The molecule has 0 atom stereocenters. The number of nitrogens with zero attached hydrogens (tertiary/aromatic N) is 3. The molecule has 0 radical (unpaired) electrons. The molecule has 1 aromatic rings. The molecule has 0 aromatic carbocycles. The molecule has 18 heavy (non-hydrogen) atoms. The van der Waals surface area contributed by atoms with Gasteiger partial charge in [-0.1, -0.05) is 0 Å². The summed E-state index contributed by atoms with van der Waals surface area (Å²) in [5, 5.41) is 17.3. The zero-order valence-electron chi connectivity index (χ0n) is 10.6. The zero-order chi connectivity index (χ0) is 13.5.